The van der Waals surface area contributed by atoms with Gasteiger partial charge in [-0.3, -0.25) is 4.79 Å². The lowest BCUT2D eigenvalue weighted by Gasteiger charge is -2.11. The number of hydrogen-bond donors (Lipinski definition) is 0. The summed E-state index contributed by atoms with van der Waals surface area (Å²) < 4.78 is 10.00. The van der Waals surface area contributed by atoms with E-state index < -0.39 is 6.10 Å². The summed E-state index contributed by atoms with van der Waals surface area (Å²) in [5, 5.41) is 0. The second-order valence-corrected chi connectivity index (χ2v) is 2.48. The van der Waals surface area contributed by atoms with Gasteiger partial charge in [0.25, 0.3) is 0 Å². The molecular formula is C10H11O3. The van der Waals surface area contributed by atoms with E-state index in [1.54, 1.807) is 25.5 Å². The Morgan fingerprint density at radius 3 is 2.54 bits per heavy atom. The third-order valence-corrected chi connectivity index (χ3v) is 1.76. The average Bonchev–Trinajstić information content (AvgIpc) is 2.20. The van der Waals surface area contributed by atoms with Crippen LogP contribution in [0.4, 0.5) is 0 Å². The van der Waals surface area contributed by atoms with Crippen LogP contribution in [0.25, 0.3) is 0 Å². The molecule has 0 aliphatic heterocycles. The molecule has 0 aliphatic rings. The van der Waals surface area contributed by atoms with Crippen molar-refractivity contribution in [3.63, 3.8) is 0 Å². The van der Waals surface area contributed by atoms with Crippen molar-refractivity contribution < 1.29 is 14.3 Å². The van der Waals surface area contributed by atoms with Gasteiger partial charge in [-0.2, -0.15) is 0 Å². The summed E-state index contributed by atoms with van der Waals surface area (Å²) in [6.45, 7) is 0. The Balaban J connectivity index is 3.03. The first-order chi connectivity index (χ1) is 6.33. The van der Waals surface area contributed by atoms with E-state index in [1.807, 2.05) is 12.1 Å². The predicted molar refractivity (Wildman–Crippen MR) is 48.4 cm³/mol. The van der Waals surface area contributed by atoms with Gasteiger partial charge in [-0.05, 0) is 6.07 Å². The zero-order valence-corrected chi connectivity index (χ0v) is 7.61. The highest BCUT2D eigenvalue weighted by Gasteiger charge is 2.14. The number of carbonyl (C=O) groups excluding carboxylic acids is 1. The van der Waals surface area contributed by atoms with Crippen molar-refractivity contribution in [2.45, 2.75) is 6.10 Å². The monoisotopic (exact) mass is 179 g/mol. The molecule has 0 amide bonds. The van der Waals surface area contributed by atoms with Gasteiger partial charge in [0.05, 0.1) is 7.11 Å². The van der Waals surface area contributed by atoms with E-state index in [2.05, 4.69) is 0 Å². The molecule has 13 heavy (non-hydrogen) atoms. The fourth-order valence-corrected chi connectivity index (χ4v) is 1.12. The van der Waals surface area contributed by atoms with Gasteiger partial charge in [-0.15, -0.1) is 0 Å². The van der Waals surface area contributed by atoms with Crippen LogP contribution in [-0.2, 0) is 9.53 Å². The Labute approximate surface area is 77.3 Å². The minimum Gasteiger partial charge on any atom is -0.496 e. The van der Waals surface area contributed by atoms with Crippen molar-refractivity contribution in [2.24, 2.45) is 0 Å². The van der Waals surface area contributed by atoms with E-state index in [-0.39, 0.29) is 0 Å². The van der Waals surface area contributed by atoms with E-state index >= 15 is 0 Å². The number of methoxy groups -OCH3 is 2. The molecule has 1 radical (unpaired) electrons. The Morgan fingerprint density at radius 1 is 1.31 bits per heavy atom. The van der Waals surface area contributed by atoms with Gasteiger partial charge in [0.15, 0.2) is 6.10 Å². The maximum Gasteiger partial charge on any atom is 0.234 e. The van der Waals surface area contributed by atoms with Crippen LogP contribution in [0, 0.1) is 0 Å². The molecule has 0 fully saturated rings. The molecule has 0 aromatic heterocycles. The van der Waals surface area contributed by atoms with E-state index in [0.29, 0.717) is 11.3 Å². The zero-order chi connectivity index (χ0) is 9.68. The minimum absolute atomic E-state index is 0.637. The maximum atomic E-state index is 10.5. The zero-order valence-electron chi connectivity index (χ0n) is 7.61. The molecule has 0 saturated carbocycles. The molecule has 1 unspecified atom stereocenters. The summed E-state index contributed by atoms with van der Waals surface area (Å²) in [6.07, 6.45) is 1.12. The van der Waals surface area contributed by atoms with Gasteiger partial charge in [0.1, 0.15) is 5.75 Å². The molecule has 3 nitrogen and oxygen atoms in total. The van der Waals surface area contributed by atoms with Gasteiger partial charge in [0, 0.05) is 12.7 Å². The second kappa shape index (κ2) is 4.62. The van der Waals surface area contributed by atoms with Crippen molar-refractivity contribution >= 4 is 6.29 Å². The third kappa shape index (κ3) is 2.06. The number of benzene rings is 1. The predicted octanol–water partition coefficient (Wildman–Crippen LogP) is 1.49. The number of para-hydroxylation sites is 1. The summed E-state index contributed by atoms with van der Waals surface area (Å²) in [5.41, 5.74) is 0.697. The molecule has 1 rings (SSSR count). The lowest BCUT2D eigenvalue weighted by atomic mass is 10.1. The topological polar surface area (TPSA) is 35.5 Å². The standard InChI is InChI=1S/C10H11O3/c1-12-9-6-4-3-5-8(9)10(7-11)13-2/h3-6,10H,1-2H3. The van der Waals surface area contributed by atoms with Crippen LogP contribution in [0.1, 0.15) is 11.7 Å². The normalized spacial score (nSPS) is 12.2. The summed E-state index contributed by atoms with van der Waals surface area (Å²) in [7, 11) is 3.01. The van der Waals surface area contributed by atoms with E-state index in [1.165, 1.54) is 7.11 Å². The smallest absolute Gasteiger partial charge is 0.234 e. The maximum absolute atomic E-state index is 10.5. The average molecular weight is 179 g/mol. The van der Waals surface area contributed by atoms with Gasteiger partial charge in [-0.1, -0.05) is 18.2 Å². The van der Waals surface area contributed by atoms with Crippen LogP contribution < -0.4 is 4.74 Å². The van der Waals surface area contributed by atoms with Crippen LogP contribution in [0.15, 0.2) is 24.3 Å². The van der Waals surface area contributed by atoms with Crippen molar-refractivity contribution in [3.05, 3.63) is 29.8 Å². The van der Waals surface area contributed by atoms with Gasteiger partial charge < -0.3 is 9.47 Å². The molecule has 69 valence electrons. The third-order valence-electron chi connectivity index (χ3n) is 1.76. The summed E-state index contributed by atoms with van der Waals surface area (Å²) >= 11 is 0. The Hall–Kier alpha value is -1.35. The van der Waals surface area contributed by atoms with Gasteiger partial charge in [0.2, 0.25) is 6.29 Å². The molecule has 1 aromatic carbocycles. The lowest BCUT2D eigenvalue weighted by molar-refractivity contribution is 0.151. The van der Waals surface area contributed by atoms with Gasteiger partial charge in [-0.25, -0.2) is 0 Å². The fraction of sp³-hybridized carbons (Fsp3) is 0.300. The van der Waals surface area contributed by atoms with Crippen LogP contribution in [0.5, 0.6) is 5.75 Å². The first-order valence-electron chi connectivity index (χ1n) is 3.87. The Bertz CT molecular complexity index is 283. The van der Waals surface area contributed by atoms with E-state index in [9.17, 15) is 4.79 Å². The molecular weight excluding hydrogens is 168 g/mol. The van der Waals surface area contributed by atoms with E-state index in [4.69, 9.17) is 9.47 Å². The Kier molecular flexibility index (Phi) is 3.46. The number of ether oxygens (including phenoxy) is 2. The summed E-state index contributed by atoms with van der Waals surface area (Å²) in [4.78, 5) is 10.5. The molecule has 0 aliphatic carbocycles. The highest BCUT2D eigenvalue weighted by atomic mass is 16.5. The van der Waals surface area contributed by atoms with Gasteiger partial charge >= 0.3 is 0 Å². The molecule has 0 bridgehead atoms. The second-order valence-electron chi connectivity index (χ2n) is 2.48. The van der Waals surface area contributed by atoms with Crippen LogP contribution in [0.2, 0.25) is 0 Å². The number of rotatable bonds is 4. The van der Waals surface area contributed by atoms with Crippen molar-refractivity contribution in [3.8, 4) is 5.75 Å². The van der Waals surface area contributed by atoms with Crippen molar-refractivity contribution in [2.75, 3.05) is 14.2 Å². The van der Waals surface area contributed by atoms with Crippen molar-refractivity contribution in [1.82, 2.24) is 0 Å². The van der Waals surface area contributed by atoms with Crippen molar-refractivity contribution in [1.29, 1.82) is 0 Å². The van der Waals surface area contributed by atoms with E-state index in [0.717, 1.165) is 0 Å². The quantitative estimate of drug-likeness (QED) is 0.702. The number of hydrogen-bond acceptors (Lipinski definition) is 3. The largest absolute Gasteiger partial charge is 0.496 e. The minimum atomic E-state index is -0.670. The molecule has 3 heteroatoms. The molecule has 1 atom stereocenters. The van der Waals surface area contributed by atoms with Crippen LogP contribution in [0.3, 0.4) is 0 Å². The fourth-order valence-electron chi connectivity index (χ4n) is 1.12. The van der Waals surface area contributed by atoms with Crippen LogP contribution >= 0.6 is 0 Å². The first-order valence-corrected chi connectivity index (χ1v) is 3.87. The SMILES string of the molecule is COc1ccccc1C([C]=O)OC. The highest BCUT2D eigenvalue weighted by molar-refractivity contribution is 5.63. The molecule has 0 spiro atoms. The summed E-state index contributed by atoms with van der Waals surface area (Å²) in [5.74, 6) is 0.637. The lowest BCUT2D eigenvalue weighted by Crippen LogP contribution is -2.04. The Morgan fingerprint density at radius 2 is 2.00 bits per heavy atom. The first kappa shape index (κ1) is 9.74. The van der Waals surface area contributed by atoms with Crippen LogP contribution in [-0.4, -0.2) is 20.5 Å². The highest BCUT2D eigenvalue weighted by Crippen LogP contribution is 2.25. The summed E-state index contributed by atoms with van der Waals surface area (Å²) in [6, 6.07) is 7.21. The molecule has 0 saturated heterocycles. The molecule has 0 heterocycles. The molecule has 1 aromatic rings. The molecule has 0 N–H and O–H groups in total.